The summed E-state index contributed by atoms with van der Waals surface area (Å²) in [6, 6.07) is 19.8. The minimum Gasteiger partial charge on any atom is -0.497 e. The number of aromatic nitrogens is 8. The molecule has 0 spiro atoms. The molecule has 4 heterocycles. The van der Waals surface area contributed by atoms with Gasteiger partial charge >= 0.3 is 11.4 Å². The number of hydrogen-bond donors (Lipinski definition) is 3. The molecular formula is C36H35ClN10O6. The monoisotopic (exact) mass is 738 g/mol. The number of hydrazone groups is 1. The summed E-state index contributed by atoms with van der Waals surface area (Å²) >= 11 is 6.85. The molecule has 272 valence electrons. The third-order valence-corrected chi connectivity index (χ3v) is 8.81. The fourth-order valence-corrected chi connectivity index (χ4v) is 5.72. The number of aromatic amines is 2. The first-order chi connectivity index (χ1) is 25.5. The predicted octanol–water partition coefficient (Wildman–Crippen LogP) is 3.70. The maximum atomic E-state index is 13.1. The Morgan fingerprint density at radius 3 is 2.17 bits per heavy atom. The lowest BCUT2D eigenvalue weighted by Gasteiger charge is -2.11. The van der Waals surface area contributed by atoms with Gasteiger partial charge in [0, 0.05) is 43.9 Å². The number of fused-ring (bicyclic) bond motifs is 2. The van der Waals surface area contributed by atoms with Crippen molar-refractivity contribution >= 4 is 45.6 Å². The topological polar surface area (TPSA) is 188 Å². The highest BCUT2D eigenvalue weighted by Crippen LogP contribution is 2.36. The molecule has 0 saturated carbocycles. The number of nitrogens with zero attached hydrogens (tertiary/aromatic N) is 7. The molecule has 0 atom stereocenters. The van der Waals surface area contributed by atoms with Crippen LogP contribution < -0.4 is 37.4 Å². The molecule has 3 aromatic carbocycles. The van der Waals surface area contributed by atoms with Gasteiger partial charge in [0.05, 0.1) is 43.2 Å². The van der Waals surface area contributed by atoms with E-state index in [0.29, 0.717) is 34.8 Å². The van der Waals surface area contributed by atoms with E-state index in [1.165, 1.54) is 20.2 Å². The lowest BCUT2D eigenvalue weighted by molar-refractivity contribution is 0.414. The minimum absolute atomic E-state index is 0.215. The first kappa shape index (κ1) is 36.1. The molecule has 0 aliphatic carbocycles. The Morgan fingerprint density at radius 1 is 0.868 bits per heavy atom. The Labute approximate surface area is 305 Å². The van der Waals surface area contributed by atoms with Crippen molar-refractivity contribution in [3.63, 3.8) is 0 Å². The number of methoxy groups -OCH3 is 2. The highest BCUT2D eigenvalue weighted by Gasteiger charge is 2.22. The molecule has 0 aliphatic heterocycles. The Morgan fingerprint density at radius 2 is 1.53 bits per heavy atom. The molecule has 0 radical (unpaired) electrons. The number of nitrogens with one attached hydrogen (secondary N) is 3. The van der Waals surface area contributed by atoms with Crippen LogP contribution in [-0.2, 0) is 27.2 Å². The zero-order valence-electron chi connectivity index (χ0n) is 29.4. The van der Waals surface area contributed by atoms with E-state index >= 15 is 0 Å². The third-order valence-electron chi connectivity index (χ3n) is 8.40. The van der Waals surface area contributed by atoms with Gasteiger partial charge in [-0.2, -0.15) is 15.3 Å². The lowest BCUT2D eigenvalue weighted by Crippen LogP contribution is -2.32. The van der Waals surface area contributed by atoms with E-state index in [0.717, 1.165) is 42.7 Å². The number of ether oxygens (including phenoxy) is 2. The average Bonchev–Trinajstić information content (AvgIpc) is 3.75. The van der Waals surface area contributed by atoms with Crippen LogP contribution in [0, 0.1) is 0 Å². The molecule has 7 rings (SSSR count). The standard InChI is InChI=1S/C23H21ClN6O3.C13H14N4O3/c1-4-29-12-16-17(26-29)10-9-15(19(16)24)20-18-21(25-23(32)28(2)22(18)31)27-30(20)11-13-5-7-14(33-3)8-6-13;1-17-12(18)7-11(15-13(17)19)16-14-8-9-3-5-10(20-2)6-4-9/h5-10,12H,4,11H2,1-3H3,(H,25,27,32);3-8,16H,1-2H3,(H,15,19)/b;14-8+. The summed E-state index contributed by atoms with van der Waals surface area (Å²) in [5.41, 5.74) is 4.67. The summed E-state index contributed by atoms with van der Waals surface area (Å²) in [5.74, 6) is 1.73. The second-order valence-corrected chi connectivity index (χ2v) is 12.1. The highest BCUT2D eigenvalue weighted by atomic mass is 35.5. The summed E-state index contributed by atoms with van der Waals surface area (Å²) < 4.78 is 15.8. The molecule has 0 fully saturated rings. The number of hydrogen-bond acceptors (Lipinski definition) is 10. The largest absolute Gasteiger partial charge is 0.497 e. The van der Waals surface area contributed by atoms with E-state index in [2.05, 4.69) is 30.7 Å². The van der Waals surface area contributed by atoms with E-state index in [1.54, 1.807) is 25.1 Å². The number of aryl methyl sites for hydroxylation is 1. The number of H-pyrrole nitrogens is 2. The summed E-state index contributed by atoms with van der Waals surface area (Å²) in [4.78, 5) is 53.3. The molecule has 0 saturated heterocycles. The Kier molecular flexibility index (Phi) is 10.4. The predicted molar refractivity (Wildman–Crippen MR) is 204 cm³/mol. The summed E-state index contributed by atoms with van der Waals surface area (Å²) in [7, 11) is 6.03. The quantitative estimate of drug-likeness (QED) is 0.147. The van der Waals surface area contributed by atoms with E-state index in [9.17, 15) is 19.2 Å². The molecule has 53 heavy (non-hydrogen) atoms. The summed E-state index contributed by atoms with van der Waals surface area (Å²) in [6.07, 6.45) is 3.45. The maximum Gasteiger partial charge on any atom is 0.329 e. The fraction of sp³-hybridized carbons (Fsp3) is 0.194. The third kappa shape index (κ3) is 7.52. The van der Waals surface area contributed by atoms with Crippen LogP contribution >= 0.6 is 11.6 Å². The number of rotatable bonds is 9. The average molecular weight is 739 g/mol. The first-order valence-corrected chi connectivity index (χ1v) is 16.6. The van der Waals surface area contributed by atoms with Crippen molar-refractivity contribution in [3.8, 4) is 22.8 Å². The zero-order valence-corrected chi connectivity index (χ0v) is 30.1. The fourth-order valence-electron chi connectivity index (χ4n) is 5.43. The van der Waals surface area contributed by atoms with Gasteiger partial charge in [0.2, 0.25) is 0 Å². The van der Waals surface area contributed by atoms with Gasteiger partial charge in [0.1, 0.15) is 22.7 Å². The van der Waals surface area contributed by atoms with Gasteiger partial charge in [-0.3, -0.25) is 43.5 Å². The molecular weight excluding hydrogens is 704 g/mol. The second kappa shape index (κ2) is 15.3. The summed E-state index contributed by atoms with van der Waals surface area (Å²) in [5, 5.41) is 14.6. The smallest absolute Gasteiger partial charge is 0.329 e. The van der Waals surface area contributed by atoms with E-state index < -0.39 is 22.5 Å². The van der Waals surface area contributed by atoms with Crippen LogP contribution in [0.25, 0.3) is 33.2 Å². The summed E-state index contributed by atoms with van der Waals surface area (Å²) in [6.45, 7) is 3.07. The van der Waals surface area contributed by atoms with Gasteiger partial charge in [-0.15, -0.1) is 0 Å². The first-order valence-electron chi connectivity index (χ1n) is 16.2. The zero-order chi connectivity index (χ0) is 37.8. The second-order valence-electron chi connectivity index (χ2n) is 11.7. The molecule has 0 amide bonds. The Hall–Kier alpha value is -6.68. The van der Waals surface area contributed by atoms with Crippen LogP contribution in [0.15, 0.2) is 97.2 Å². The molecule has 0 unspecified atom stereocenters. The van der Waals surface area contributed by atoms with E-state index in [1.807, 2.05) is 78.5 Å². The SMILES string of the molecule is CCn1cc2c(Cl)c(-c3c4c(=O)n(C)c(=O)[nH]c4nn3Cc3ccc(OC)cc3)ccc2n1.COc1ccc(/C=N/Nc2cc(=O)n(C)c(=O)[nH]2)cc1. The van der Waals surface area contributed by atoms with Gasteiger partial charge < -0.3 is 9.47 Å². The number of benzene rings is 3. The normalized spacial score (nSPS) is 11.2. The molecule has 0 aliphatic rings. The van der Waals surface area contributed by atoms with Gasteiger partial charge in [0.15, 0.2) is 5.65 Å². The van der Waals surface area contributed by atoms with Crippen LogP contribution in [0.5, 0.6) is 11.5 Å². The molecule has 16 nitrogen and oxygen atoms in total. The molecule has 4 aromatic heterocycles. The van der Waals surface area contributed by atoms with Crippen molar-refractivity contribution in [1.29, 1.82) is 0 Å². The number of anilines is 1. The molecule has 7 aromatic rings. The minimum atomic E-state index is -0.529. The Balaban J connectivity index is 0.000000206. The maximum absolute atomic E-state index is 13.1. The van der Waals surface area contributed by atoms with Gasteiger partial charge in [0.25, 0.3) is 11.1 Å². The van der Waals surface area contributed by atoms with Crippen molar-refractivity contribution in [1.82, 2.24) is 38.7 Å². The van der Waals surface area contributed by atoms with Gasteiger partial charge in [-0.25, -0.2) is 9.59 Å². The van der Waals surface area contributed by atoms with Gasteiger partial charge in [-0.05, 0) is 66.6 Å². The van der Waals surface area contributed by atoms with Crippen LogP contribution in [0.3, 0.4) is 0 Å². The van der Waals surface area contributed by atoms with Gasteiger partial charge in [-0.1, -0.05) is 23.7 Å². The van der Waals surface area contributed by atoms with Crippen LogP contribution in [0.1, 0.15) is 18.1 Å². The number of halogens is 1. The highest BCUT2D eigenvalue weighted by molar-refractivity contribution is 6.38. The molecule has 0 bridgehead atoms. The van der Waals surface area contributed by atoms with Crippen molar-refractivity contribution in [2.24, 2.45) is 19.2 Å². The lowest BCUT2D eigenvalue weighted by atomic mass is 10.1. The molecule has 17 heteroatoms. The van der Waals surface area contributed by atoms with E-state index in [4.69, 9.17) is 21.1 Å². The van der Waals surface area contributed by atoms with Crippen molar-refractivity contribution in [3.05, 3.63) is 131 Å². The van der Waals surface area contributed by atoms with E-state index in [-0.39, 0.29) is 11.5 Å². The van der Waals surface area contributed by atoms with Crippen LogP contribution in [0.4, 0.5) is 5.82 Å². The van der Waals surface area contributed by atoms with Crippen molar-refractivity contribution in [2.75, 3.05) is 19.6 Å². The van der Waals surface area contributed by atoms with Crippen molar-refractivity contribution in [2.45, 2.75) is 20.0 Å². The van der Waals surface area contributed by atoms with Crippen LogP contribution in [-0.4, -0.2) is 59.1 Å². The Bertz CT molecular complexity index is 2670. The molecule has 3 N–H and O–H groups in total. The van der Waals surface area contributed by atoms with Crippen LogP contribution in [0.2, 0.25) is 5.02 Å². The van der Waals surface area contributed by atoms with Crippen molar-refractivity contribution < 1.29 is 9.47 Å².